The second kappa shape index (κ2) is 17.5. The van der Waals surface area contributed by atoms with Gasteiger partial charge in [-0.2, -0.15) is 0 Å². The first kappa shape index (κ1) is 28.8. The van der Waals surface area contributed by atoms with Gasteiger partial charge in [0, 0.05) is 45.5 Å². The van der Waals surface area contributed by atoms with Crippen LogP contribution in [0.4, 0.5) is 9.59 Å². The number of carbonyl (C=O) groups is 3. The molecule has 0 aliphatic carbocycles. The average molecular weight is 464 g/mol. The second-order valence-corrected chi connectivity index (χ2v) is 8.91. The monoisotopic (exact) mass is 463 g/mol. The fourth-order valence-electron chi connectivity index (χ4n) is 2.43. The number of nitrogens with one attached hydrogen (secondary N) is 2. The summed E-state index contributed by atoms with van der Waals surface area (Å²) in [5.41, 5.74) is 0. The summed E-state index contributed by atoms with van der Waals surface area (Å²) in [5, 5.41) is 5.24. The Labute approximate surface area is 185 Å². The van der Waals surface area contributed by atoms with Crippen molar-refractivity contribution in [1.82, 2.24) is 15.5 Å². The number of urea groups is 1. The number of alkyl carbamates (subject to hydrolysis) is 1. The van der Waals surface area contributed by atoms with Crippen LogP contribution in [0.15, 0.2) is 12.7 Å². The third-order valence-electron chi connectivity index (χ3n) is 3.82. The van der Waals surface area contributed by atoms with Gasteiger partial charge in [0.2, 0.25) is 0 Å². The zero-order valence-electron chi connectivity index (χ0n) is 19.1. The molecule has 0 saturated heterocycles. The van der Waals surface area contributed by atoms with Crippen molar-refractivity contribution in [2.75, 3.05) is 59.7 Å². The molecular weight excluding hydrogens is 426 g/mol. The van der Waals surface area contributed by atoms with E-state index >= 15 is 0 Å². The smallest absolute Gasteiger partial charge is 0.461 e. The maximum Gasteiger partial charge on any atom is 0.500 e. The number of hydrogen-bond donors (Lipinski definition) is 2. The number of likely N-dealkylation sites (N-methyl/N-ethyl adjacent to an activating group) is 1. The number of esters is 1. The van der Waals surface area contributed by atoms with Crippen molar-refractivity contribution in [2.24, 2.45) is 0 Å². The molecule has 0 aromatic heterocycles. The van der Waals surface area contributed by atoms with E-state index in [2.05, 4.69) is 17.2 Å². The number of ether oxygens (including phenoxy) is 2. The molecule has 0 heterocycles. The van der Waals surface area contributed by atoms with Gasteiger partial charge in [0.05, 0.1) is 13.1 Å². The lowest BCUT2D eigenvalue weighted by Gasteiger charge is -2.28. The van der Waals surface area contributed by atoms with Crippen LogP contribution < -0.4 is 10.6 Å². The summed E-state index contributed by atoms with van der Waals surface area (Å²) >= 11 is 0. The molecule has 12 heteroatoms. The molecule has 0 aromatic rings. The first-order valence-electron chi connectivity index (χ1n) is 10.4. The zero-order valence-corrected chi connectivity index (χ0v) is 20.1. The van der Waals surface area contributed by atoms with Gasteiger partial charge in [-0.3, -0.25) is 0 Å². The quantitative estimate of drug-likeness (QED) is 0.144. The minimum Gasteiger partial charge on any atom is -0.461 e. The van der Waals surface area contributed by atoms with Crippen LogP contribution in [-0.2, 0) is 27.5 Å². The van der Waals surface area contributed by atoms with Crippen molar-refractivity contribution in [3.63, 3.8) is 0 Å². The lowest BCUT2D eigenvalue weighted by molar-refractivity contribution is -0.137. The van der Waals surface area contributed by atoms with E-state index in [1.165, 1.54) is 4.90 Å². The molecule has 0 saturated carbocycles. The lowest BCUT2D eigenvalue weighted by atomic mass is 10.5. The Bertz CT molecular complexity index is 533. The van der Waals surface area contributed by atoms with E-state index in [0.717, 1.165) is 6.08 Å². The van der Waals surface area contributed by atoms with E-state index in [4.69, 9.17) is 22.8 Å². The summed E-state index contributed by atoms with van der Waals surface area (Å²) < 4.78 is 27.0. The highest BCUT2D eigenvalue weighted by atomic mass is 28.4. The predicted octanol–water partition coefficient (Wildman–Crippen LogP) is 1.52. The zero-order chi connectivity index (χ0) is 23.5. The van der Waals surface area contributed by atoms with E-state index in [1.807, 2.05) is 20.8 Å². The Hall–Kier alpha value is -2.15. The fraction of sp³-hybridized carbons (Fsp3) is 0.737. The summed E-state index contributed by atoms with van der Waals surface area (Å²) in [6, 6.07) is 0.328. The van der Waals surface area contributed by atoms with Crippen LogP contribution in [-0.4, -0.2) is 91.5 Å². The molecule has 0 bridgehead atoms. The third-order valence-corrected chi connectivity index (χ3v) is 6.97. The van der Waals surface area contributed by atoms with Gasteiger partial charge in [-0.1, -0.05) is 6.58 Å². The summed E-state index contributed by atoms with van der Waals surface area (Å²) in [6.07, 6.45) is 1.03. The van der Waals surface area contributed by atoms with Crippen molar-refractivity contribution in [2.45, 2.75) is 33.2 Å². The number of carbonyl (C=O) groups excluding carboxylic acids is 3. The molecule has 31 heavy (non-hydrogen) atoms. The molecule has 0 fully saturated rings. The summed E-state index contributed by atoms with van der Waals surface area (Å²) in [4.78, 5) is 35.9. The van der Waals surface area contributed by atoms with Crippen LogP contribution in [0.2, 0.25) is 6.04 Å². The highest BCUT2D eigenvalue weighted by molar-refractivity contribution is 6.60. The van der Waals surface area contributed by atoms with E-state index in [-0.39, 0.29) is 32.3 Å². The molecule has 0 atom stereocenters. The number of amides is 3. The summed E-state index contributed by atoms with van der Waals surface area (Å²) in [6.45, 7) is 11.3. The first-order chi connectivity index (χ1) is 14.8. The van der Waals surface area contributed by atoms with Crippen LogP contribution in [0.3, 0.4) is 0 Å². The van der Waals surface area contributed by atoms with Gasteiger partial charge in [-0.15, -0.1) is 0 Å². The van der Waals surface area contributed by atoms with Crippen molar-refractivity contribution >= 4 is 26.9 Å². The topological polar surface area (TPSA) is 125 Å². The normalized spacial score (nSPS) is 10.8. The van der Waals surface area contributed by atoms with Gasteiger partial charge in [-0.05, 0) is 27.2 Å². The minimum atomic E-state index is -2.71. The molecule has 0 unspecified atom stereocenters. The Balaban J connectivity index is 4.06. The average Bonchev–Trinajstić information content (AvgIpc) is 2.74. The van der Waals surface area contributed by atoms with Crippen LogP contribution in [0, 0.1) is 0 Å². The van der Waals surface area contributed by atoms with E-state index < -0.39 is 20.9 Å². The molecule has 0 aromatic carbocycles. The number of rotatable bonds is 17. The molecule has 0 aliphatic rings. The van der Waals surface area contributed by atoms with Gasteiger partial charge >= 0.3 is 26.9 Å². The Kier molecular flexibility index (Phi) is 16.3. The van der Waals surface area contributed by atoms with E-state index in [9.17, 15) is 14.4 Å². The van der Waals surface area contributed by atoms with Crippen LogP contribution in [0.25, 0.3) is 0 Å². The molecule has 3 amide bonds. The first-order valence-corrected chi connectivity index (χ1v) is 12.4. The van der Waals surface area contributed by atoms with Gasteiger partial charge in [0.15, 0.2) is 0 Å². The number of nitrogens with zero attached hydrogens (tertiary/aromatic N) is 1. The summed E-state index contributed by atoms with van der Waals surface area (Å²) in [7, 11) is -1.11. The minimum absolute atomic E-state index is 0.0162. The maximum atomic E-state index is 12.1. The molecular formula is C19H37N3O8Si. The lowest BCUT2D eigenvalue weighted by Crippen LogP contribution is -2.47. The van der Waals surface area contributed by atoms with Gasteiger partial charge in [0.25, 0.3) is 0 Å². The highest BCUT2D eigenvalue weighted by Crippen LogP contribution is 2.17. The second-order valence-electron chi connectivity index (χ2n) is 6.17. The van der Waals surface area contributed by atoms with Crippen LogP contribution in [0.5, 0.6) is 0 Å². The molecule has 0 spiro atoms. The molecule has 2 N–H and O–H groups in total. The highest BCUT2D eigenvalue weighted by Gasteiger charge is 2.39. The molecule has 180 valence electrons. The molecule has 0 rings (SSSR count). The van der Waals surface area contributed by atoms with Gasteiger partial charge in [0.1, 0.15) is 13.2 Å². The fourth-order valence-corrected chi connectivity index (χ4v) is 5.04. The molecule has 11 nitrogen and oxygen atoms in total. The Morgan fingerprint density at radius 1 is 0.935 bits per heavy atom. The van der Waals surface area contributed by atoms with Gasteiger partial charge in [-0.25, -0.2) is 14.4 Å². The van der Waals surface area contributed by atoms with Crippen molar-refractivity contribution in [1.29, 1.82) is 0 Å². The SMILES string of the molecule is C=CC(=O)OCCNC(=O)OCCN(C)C(=O)NCCC[Si](OCC)(OCC)OCC. The largest absolute Gasteiger partial charge is 0.500 e. The van der Waals surface area contributed by atoms with Crippen molar-refractivity contribution in [3.05, 3.63) is 12.7 Å². The Morgan fingerprint density at radius 2 is 1.55 bits per heavy atom. The van der Waals surface area contributed by atoms with E-state index in [1.54, 1.807) is 7.05 Å². The van der Waals surface area contributed by atoms with Gasteiger partial charge < -0.3 is 38.3 Å². The summed E-state index contributed by atoms with van der Waals surface area (Å²) in [5.74, 6) is -0.565. The standard InChI is InChI=1S/C19H37N3O8Si/c1-6-17(23)26-14-12-21-19(25)27-15-13-22(5)18(24)20-11-10-16-31(28-7-2,29-8-3)30-9-4/h6H,1,7-16H2,2-5H3,(H,20,24)(H,21,25). The Morgan fingerprint density at radius 3 is 2.10 bits per heavy atom. The molecule has 0 radical (unpaired) electrons. The predicted molar refractivity (Wildman–Crippen MR) is 117 cm³/mol. The number of hydrogen-bond acceptors (Lipinski definition) is 8. The van der Waals surface area contributed by atoms with Crippen LogP contribution in [0.1, 0.15) is 27.2 Å². The third kappa shape index (κ3) is 13.7. The van der Waals surface area contributed by atoms with Crippen molar-refractivity contribution < 1.29 is 37.1 Å². The maximum absolute atomic E-state index is 12.1. The van der Waals surface area contributed by atoms with Crippen molar-refractivity contribution in [3.8, 4) is 0 Å². The van der Waals surface area contributed by atoms with E-state index in [0.29, 0.717) is 38.8 Å². The van der Waals surface area contributed by atoms with Crippen LogP contribution >= 0.6 is 0 Å². The molecule has 0 aliphatic heterocycles.